The lowest BCUT2D eigenvalue weighted by Gasteiger charge is -2.32. The highest BCUT2D eigenvalue weighted by Crippen LogP contribution is 2.14. The maximum absolute atomic E-state index is 13.6. The van der Waals surface area contributed by atoms with E-state index in [4.69, 9.17) is 4.74 Å². The molecule has 6 bridgehead atoms. The van der Waals surface area contributed by atoms with E-state index < -0.39 is 135 Å². The molecule has 2 aliphatic heterocycles. The first kappa shape index (κ1) is 73.4. The van der Waals surface area contributed by atoms with Gasteiger partial charge in [-0.2, -0.15) is 0 Å². The lowest BCUT2D eigenvalue weighted by atomic mass is 10.0. The lowest BCUT2D eigenvalue weighted by Crippen LogP contribution is -2.65. The van der Waals surface area contributed by atoms with Crippen LogP contribution >= 0.6 is 0 Å². The molecular weight excluding hydrogens is 1170 g/mol. The van der Waals surface area contributed by atoms with Gasteiger partial charge in [-0.3, -0.25) is 57.5 Å². The third-order valence-corrected chi connectivity index (χ3v) is 14.2. The first-order valence-electron chi connectivity index (χ1n) is 29.5. The van der Waals surface area contributed by atoms with Crippen molar-refractivity contribution in [1.82, 2.24) is 63.8 Å². The van der Waals surface area contributed by atoms with Crippen LogP contribution in [0.2, 0.25) is 0 Å². The maximum Gasteiger partial charge on any atom is 0.328 e. The minimum atomic E-state index is -1.70. The highest BCUT2D eigenvalue weighted by atomic mass is 16.5. The molecule has 0 unspecified atom stereocenters. The van der Waals surface area contributed by atoms with Crippen molar-refractivity contribution in [2.75, 3.05) is 20.2 Å². The van der Waals surface area contributed by atoms with E-state index in [9.17, 15) is 62.3 Å². The Morgan fingerprint density at radius 1 is 0.451 bits per heavy atom. The Kier molecular flexibility index (Phi) is 26.1. The molecule has 3 aromatic carbocycles. The predicted molar refractivity (Wildman–Crippen MR) is 335 cm³/mol. The molecule has 6 atom stereocenters. The summed E-state index contributed by atoms with van der Waals surface area (Å²) >= 11 is 0. The quantitative estimate of drug-likeness (QED) is 0.0932. The fraction of sp³-hybridized carbons (Fsp3) is 0.462. The fourth-order valence-electron chi connectivity index (χ4n) is 8.47. The standard InChI is InChI=1S/C65H84N12O14/c1-37-50(79)74-62(6,7)58(87)69-38(2)51(80)75-63(8,9)59(88)70-39(3)52(81)76-64(10,11)60(89)71-40(4)53(82)77-65(12,13)61(90)73-49(57(86)91-14)24-18-34-67-55(84)47-22-16-20-45(36-47)32-30-43-27-25-42(26-28-43)29-31-44-19-15-21-46(35-44)54(83)66-33-17-23-48(56(85)68-37)72-41(5)78/h15-16,19-22,25-28,35-40,48-49H,17-18,23-24,33-34H2,1-14H3,(H,66,83)(H,67,84)(H,68,85)(H,69,87)(H,70,88)(H,71,89)(H,72,78)(H,73,90)(H,74,79)(H,75,80)(H,76,81)(H,77,82)/t37-,38-,39-,40-,48-,49-/m0/s1. The van der Waals surface area contributed by atoms with Crippen LogP contribution in [0.1, 0.15) is 159 Å². The van der Waals surface area contributed by atoms with Crippen molar-refractivity contribution >= 4 is 76.9 Å². The monoisotopic (exact) mass is 1260 g/mol. The molecule has 26 nitrogen and oxygen atoms in total. The van der Waals surface area contributed by atoms with E-state index in [1.807, 2.05) is 0 Å². The zero-order chi connectivity index (χ0) is 68.2. The summed E-state index contributed by atoms with van der Waals surface area (Å²) in [4.78, 5) is 173. The second kappa shape index (κ2) is 32.4. The van der Waals surface area contributed by atoms with Crippen molar-refractivity contribution in [3.05, 3.63) is 106 Å². The average molecular weight is 1260 g/mol. The minimum Gasteiger partial charge on any atom is -0.467 e. The van der Waals surface area contributed by atoms with Gasteiger partial charge in [-0.05, 0) is 169 Å². The number of carbonyl (C=O) groups is 13. The first-order chi connectivity index (χ1) is 42.4. The zero-order valence-corrected chi connectivity index (χ0v) is 53.9. The van der Waals surface area contributed by atoms with Gasteiger partial charge in [-0.25, -0.2) is 4.79 Å². The number of hydrogen-bond donors (Lipinski definition) is 12. The summed E-state index contributed by atoms with van der Waals surface area (Å²) in [7, 11) is 1.14. The van der Waals surface area contributed by atoms with Crippen LogP contribution in [0.5, 0.6) is 0 Å². The van der Waals surface area contributed by atoms with Gasteiger partial charge in [0.25, 0.3) is 11.8 Å². The van der Waals surface area contributed by atoms with E-state index in [1.165, 1.54) is 90.0 Å². The summed E-state index contributed by atoms with van der Waals surface area (Å²) in [5.41, 5.74) is -3.60. The molecule has 0 radical (unpaired) electrons. The summed E-state index contributed by atoms with van der Waals surface area (Å²) < 4.78 is 4.93. The van der Waals surface area contributed by atoms with E-state index in [2.05, 4.69) is 87.5 Å². The van der Waals surface area contributed by atoms with Crippen LogP contribution in [0.3, 0.4) is 0 Å². The molecule has 3 aromatic rings. The molecule has 0 saturated heterocycles. The smallest absolute Gasteiger partial charge is 0.328 e. The second-order valence-electron chi connectivity index (χ2n) is 24.1. The maximum atomic E-state index is 13.6. The van der Waals surface area contributed by atoms with Gasteiger partial charge in [0.15, 0.2) is 0 Å². The second-order valence-corrected chi connectivity index (χ2v) is 24.1. The van der Waals surface area contributed by atoms with Gasteiger partial charge in [0.05, 0.1) is 7.11 Å². The molecule has 12 N–H and O–H groups in total. The van der Waals surface area contributed by atoms with Crippen molar-refractivity contribution in [2.24, 2.45) is 0 Å². The van der Waals surface area contributed by atoms with E-state index in [-0.39, 0.29) is 38.8 Å². The third-order valence-electron chi connectivity index (χ3n) is 14.2. The summed E-state index contributed by atoms with van der Waals surface area (Å²) in [6.07, 6.45) is 0.556. The van der Waals surface area contributed by atoms with E-state index in [0.29, 0.717) is 33.4 Å². The molecule has 0 aromatic heterocycles. The van der Waals surface area contributed by atoms with Crippen LogP contribution < -0.4 is 63.8 Å². The molecule has 2 heterocycles. The summed E-state index contributed by atoms with van der Waals surface area (Å²) in [5.74, 6) is 2.91. The molecule has 0 saturated carbocycles. The molecule has 26 heteroatoms. The molecule has 0 fully saturated rings. The Morgan fingerprint density at radius 2 is 0.780 bits per heavy atom. The summed E-state index contributed by atoms with van der Waals surface area (Å²) in [5, 5.41) is 30.9. The first-order valence-corrected chi connectivity index (χ1v) is 29.5. The fourth-order valence-corrected chi connectivity index (χ4v) is 8.47. The molecule has 91 heavy (non-hydrogen) atoms. The molecule has 2 aliphatic rings. The number of hydrogen-bond acceptors (Lipinski definition) is 14. The molecule has 488 valence electrons. The van der Waals surface area contributed by atoms with Crippen molar-refractivity contribution in [3.63, 3.8) is 0 Å². The van der Waals surface area contributed by atoms with Crippen LogP contribution in [-0.2, 0) is 57.5 Å². The normalized spacial score (nSPS) is 23.1. The van der Waals surface area contributed by atoms with Gasteiger partial charge in [0.2, 0.25) is 59.1 Å². The average Bonchev–Trinajstić information content (AvgIpc) is 3.44. The van der Waals surface area contributed by atoms with Gasteiger partial charge < -0.3 is 68.5 Å². The zero-order valence-electron chi connectivity index (χ0n) is 53.9. The molecule has 5 rings (SSSR count). The Labute approximate surface area is 530 Å². The Bertz CT molecular complexity index is 3410. The van der Waals surface area contributed by atoms with Crippen LogP contribution in [0, 0.1) is 23.7 Å². The summed E-state index contributed by atoms with van der Waals surface area (Å²) in [6, 6.07) is 13.1. The number of amides is 12. The topological polar surface area (TPSA) is 375 Å². The van der Waals surface area contributed by atoms with Gasteiger partial charge in [0.1, 0.15) is 58.4 Å². The SMILES string of the molecule is COC(=O)[C@@H]1CCCNC(=O)c2cccc(c2)C#Cc2ccc(cc2)C#Cc2cccc(c2)C(=O)NCCC[C@H](NC(C)=O)C(=O)N[C@@H](C)C(=O)NC(C)(C)C(=O)N[C@@H](C)C(=O)NC(C)(C)C(=O)N[C@@H](C)C(=O)NC(C)(C)C(=O)N[C@@H](C)C(=O)NC(C)(C)C(=O)N1. The number of esters is 1. The van der Waals surface area contributed by atoms with Crippen molar-refractivity contribution < 1.29 is 67.1 Å². The Balaban J connectivity index is 1.53. The highest BCUT2D eigenvalue weighted by molar-refractivity contribution is 6.01. The Hall–Kier alpha value is -10.1. The molecular formula is C65H84N12O14. The summed E-state index contributed by atoms with van der Waals surface area (Å²) in [6.45, 7) is 17.6. The van der Waals surface area contributed by atoms with Crippen LogP contribution in [-0.4, -0.2) is 155 Å². The number of methoxy groups -OCH3 is 1. The molecule has 12 amide bonds. The van der Waals surface area contributed by atoms with Gasteiger partial charge in [0, 0.05) is 53.4 Å². The minimum absolute atomic E-state index is 0.0340. The van der Waals surface area contributed by atoms with Crippen LogP contribution in [0.15, 0.2) is 72.8 Å². The number of nitrogens with one attached hydrogen (secondary N) is 12. The van der Waals surface area contributed by atoms with Crippen molar-refractivity contribution in [3.8, 4) is 23.7 Å². The van der Waals surface area contributed by atoms with E-state index in [0.717, 1.165) is 7.11 Å². The largest absolute Gasteiger partial charge is 0.467 e. The highest BCUT2D eigenvalue weighted by Gasteiger charge is 2.40. The van der Waals surface area contributed by atoms with Gasteiger partial charge in [-0.1, -0.05) is 35.8 Å². The molecule has 0 spiro atoms. The number of rotatable bonds is 2. The van der Waals surface area contributed by atoms with E-state index >= 15 is 0 Å². The molecule has 0 aliphatic carbocycles. The predicted octanol–water partition coefficient (Wildman–Crippen LogP) is 0.280. The van der Waals surface area contributed by atoms with Gasteiger partial charge >= 0.3 is 5.97 Å². The third kappa shape index (κ3) is 22.8. The van der Waals surface area contributed by atoms with Crippen LogP contribution in [0.4, 0.5) is 0 Å². The van der Waals surface area contributed by atoms with Crippen molar-refractivity contribution in [1.29, 1.82) is 0 Å². The number of benzene rings is 3. The lowest BCUT2D eigenvalue weighted by molar-refractivity contribution is -0.146. The number of ether oxygens (including phenoxy) is 1. The Morgan fingerprint density at radius 3 is 1.13 bits per heavy atom. The van der Waals surface area contributed by atoms with Crippen LogP contribution in [0.25, 0.3) is 0 Å². The van der Waals surface area contributed by atoms with Crippen molar-refractivity contribution in [2.45, 2.75) is 174 Å². The number of carbonyl (C=O) groups excluding carboxylic acids is 13. The van der Waals surface area contributed by atoms with E-state index in [1.54, 1.807) is 72.8 Å². The van der Waals surface area contributed by atoms with Gasteiger partial charge in [-0.15, -0.1) is 0 Å². The number of fused-ring (bicyclic) bond motifs is 39.